The van der Waals surface area contributed by atoms with Crippen LogP contribution in [0.5, 0.6) is 0 Å². The summed E-state index contributed by atoms with van der Waals surface area (Å²) < 4.78 is 49.6. The molecule has 6 N–H and O–H groups in total. The Morgan fingerprint density at radius 3 is 1.88 bits per heavy atom. The second-order valence-electron chi connectivity index (χ2n) is 7.21. The minimum atomic E-state index is -3.65. The van der Waals surface area contributed by atoms with Gasteiger partial charge in [0.2, 0.25) is 0 Å². The molecule has 1 amide bonds. The van der Waals surface area contributed by atoms with Gasteiger partial charge in [0.05, 0.1) is 4.90 Å². The molecule has 12 heteroatoms. The van der Waals surface area contributed by atoms with Gasteiger partial charge in [-0.05, 0) is 59.9 Å². The van der Waals surface area contributed by atoms with E-state index in [2.05, 4.69) is 4.99 Å². The van der Waals surface area contributed by atoms with E-state index in [0.717, 1.165) is 6.26 Å². The third-order valence-electron chi connectivity index (χ3n) is 4.51. The molecule has 3 aromatic rings. The van der Waals surface area contributed by atoms with Crippen LogP contribution in [0.2, 0.25) is 0 Å². The summed E-state index contributed by atoms with van der Waals surface area (Å²) in [5.74, 6) is -1.97. The van der Waals surface area contributed by atoms with Gasteiger partial charge in [-0.1, -0.05) is 24.3 Å². The Hall–Kier alpha value is -3.61. The first-order valence-corrected chi connectivity index (χ1v) is 11.5. The predicted molar refractivity (Wildman–Crippen MR) is 126 cm³/mol. The summed E-state index contributed by atoms with van der Waals surface area (Å²) in [4.78, 5) is 15.4. The lowest BCUT2D eigenvalue weighted by atomic mass is 9.80. The van der Waals surface area contributed by atoms with Crippen molar-refractivity contribution in [1.82, 2.24) is 0 Å². The van der Waals surface area contributed by atoms with E-state index in [1.54, 1.807) is 13.0 Å². The Kier molecular flexibility index (Phi) is 8.63. The van der Waals surface area contributed by atoms with Gasteiger partial charge in [-0.3, -0.25) is 4.79 Å². The summed E-state index contributed by atoms with van der Waals surface area (Å²) in [6, 6.07) is 13.2. The van der Waals surface area contributed by atoms with Crippen LogP contribution in [-0.4, -0.2) is 43.7 Å². The molecule has 0 aliphatic rings. The van der Waals surface area contributed by atoms with Gasteiger partial charge >= 0.3 is 7.12 Å². The van der Waals surface area contributed by atoms with Gasteiger partial charge in [0, 0.05) is 17.4 Å². The van der Waals surface area contributed by atoms with Gasteiger partial charge in [-0.15, -0.1) is 0 Å². The third kappa shape index (κ3) is 7.20. The molecule has 0 unspecified atom stereocenters. The van der Waals surface area contributed by atoms with Gasteiger partial charge in [0.25, 0.3) is 5.91 Å². The van der Waals surface area contributed by atoms with Crippen LogP contribution in [0, 0.1) is 18.6 Å². The number of nitrogens with zero attached hydrogens (tertiary/aromatic N) is 1. The predicted octanol–water partition coefficient (Wildman–Crippen LogP) is 1.12. The maximum atomic E-state index is 13.1. The molecule has 0 atom stereocenters. The molecule has 0 saturated carbocycles. The second-order valence-corrected chi connectivity index (χ2v) is 9.19. The van der Waals surface area contributed by atoms with Gasteiger partial charge in [-0.25, -0.2) is 17.2 Å². The summed E-state index contributed by atoms with van der Waals surface area (Å²) in [6.07, 6.45) is 1.03. The first-order chi connectivity index (χ1) is 15.8. The lowest BCUT2D eigenvalue weighted by molar-refractivity contribution is 0.100. The Balaban J connectivity index is 0.000000340. The number of carbonyl (C=O) groups excluding carboxylic acids is 1. The fourth-order valence-corrected chi connectivity index (χ4v) is 3.80. The molecule has 0 heterocycles. The molecule has 0 fully saturated rings. The zero-order valence-electron chi connectivity index (χ0n) is 18.2. The monoisotopic (exact) mass is 489 g/mol. The first kappa shape index (κ1) is 26.6. The van der Waals surface area contributed by atoms with E-state index in [4.69, 9.17) is 21.5 Å². The van der Waals surface area contributed by atoms with Crippen molar-refractivity contribution in [3.63, 3.8) is 0 Å². The number of sulfone groups is 1. The lowest BCUT2D eigenvalue weighted by Crippen LogP contribution is -2.29. The van der Waals surface area contributed by atoms with E-state index < -0.39 is 34.6 Å². The Morgan fingerprint density at radius 1 is 0.941 bits per heavy atom. The molecule has 0 spiro atoms. The number of carbonyl (C=O) groups is 1. The van der Waals surface area contributed by atoms with Crippen LogP contribution in [0.4, 0.5) is 8.78 Å². The molecule has 0 aliphatic carbocycles. The highest BCUT2D eigenvalue weighted by Crippen LogP contribution is 2.31. The normalized spacial score (nSPS) is 10.6. The van der Waals surface area contributed by atoms with Crippen molar-refractivity contribution in [2.45, 2.75) is 11.8 Å². The van der Waals surface area contributed by atoms with Gasteiger partial charge in [-0.2, -0.15) is 4.99 Å². The lowest BCUT2D eigenvalue weighted by Gasteiger charge is -2.12. The van der Waals surface area contributed by atoms with Crippen LogP contribution in [0.3, 0.4) is 0 Å². The first-order valence-electron chi connectivity index (χ1n) is 9.65. The second kappa shape index (κ2) is 11.0. The summed E-state index contributed by atoms with van der Waals surface area (Å²) in [5.41, 5.74) is 12.1. The minimum Gasteiger partial charge on any atom is -0.423 e. The summed E-state index contributed by atoms with van der Waals surface area (Å²) >= 11 is 0. The van der Waals surface area contributed by atoms with Crippen molar-refractivity contribution in [3.05, 3.63) is 83.4 Å². The van der Waals surface area contributed by atoms with Crippen LogP contribution in [0.25, 0.3) is 11.1 Å². The molecule has 0 saturated heterocycles. The zero-order valence-corrected chi connectivity index (χ0v) is 19.1. The van der Waals surface area contributed by atoms with Crippen molar-refractivity contribution in [1.29, 1.82) is 0 Å². The highest BCUT2D eigenvalue weighted by atomic mass is 32.2. The highest BCUT2D eigenvalue weighted by Gasteiger charge is 2.20. The molecule has 0 bridgehead atoms. The molecule has 8 nitrogen and oxygen atoms in total. The van der Waals surface area contributed by atoms with Crippen LogP contribution in [0.15, 0.2) is 70.6 Å². The van der Waals surface area contributed by atoms with Gasteiger partial charge in [0.1, 0.15) is 11.6 Å². The zero-order chi connectivity index (χ0) is 25.6. The van der Waals surface area contributed by atoms with E-state index in [1.165, 1.54) is 54.6 Å². The number of halogens is 2. The highest BCUT2D eigenvalue weighted by molar-refractivity contribution is 7.90. The molecule has 178 valence electrons. The molecule has 0 aliphatic heterocycles. The Morgan fingerprint density at radius 2 is 1.44 bits per heavy atom. The van der Waals surface area contributed by atoms with Crippen molar-refractivity contribution < 1.29 is 32.0 Å². The number of rotatable bonds is 4. The van der Waals surface area contributed by atoms with E-state index in [1.807, 2.05) is 0 Å². The molecular weight excluding hydrogens is 467 g/mol. The Labute approximate surface area is 195 Å². The van der Waals surface area contributed by atoms with Crippen LogP contribution >= 0.6 is 0 Å². The molecule has 0 radical (unpaired) electrons. The average molecular weight is 489 g/mol. The number of guanidine groups is 1. The maximum absolute atomic E-state index is 13.1. The quantitative estimate of drug-likeness (QED) is 0.243. The number of hydrogen-bond acceptors (Lipinski definition) is 5. The fraction of sp³-hybridized carbons (Fsp3) is 0.0909. The SMILES string of the molecule is Cc1cc(-c2ccc(F)cc2)c(S(C)(=O)=O)cc1C(=O)N=C(N)N.OB(O)c1ccc(F)cc1. The van der Waals surface area contributed by atoms with E-state index in [0.29, 0.717) is 22.2 Å². The largest absolute Gasteiger partial charge is 0.488 e. The van der Waals surface area contributed by atoms with E-state index in [9.17, 15) is 22.0 Å². The van der Waals surface area contributed by atoms with E-state index in [-0.39, 0.29) is 16.3 Å². The topological polar surface area (TPSA) is 156 Å². The van der Waals surface area contributed by atoms with Crippen LogP contribution < -0.4 is 16.9 Å². The summed E-state index contributed by atoms with van der Waals surface area (Å²) in [7, 11) is -5.16. The number of aryl methyl sites for hydroxylation is 1. The maximum Gasteiger partial charge on any atom is 0.488 e. The smallest absolute Gasteiger partial charge is 0.423 e. The van der Waals surface area contributed by atoms with Crippen molar-refractivity contribution >= 4 is 34.3 Å². The number of aliphatic imine (C=N–C) groups is 1. The molecule has 3 rings (SSSR count). The van der Waals surface area contributed by atoms with Crippen molar-refractivity contribution in [2.24, 2.45) is 16.5 Å². The number of hydrogen-bond donors (Lipinski definition) is 4. The molecule has 0 aromatic heterocycles. The Bertz CT molecular complexity index is 1310. The van der Waals surface area contributed by atoms with E-state index >= 15 is 0 Å². The minimum absolute atomic E-state index is 0.0612. The van der Waals surface area contributed by atoms with Gasteiger partial charge < -0.3 is 21.5 Å². The van der Waals surface area contributed by atoms with Gasteiger partial charge in [0.15, 0.2) is 15.8 Å². The summed E-state index contributed by atoms with van der Waals surface area (Å²) in [6.45, 7) is 1.63. The molecular formula is C22H22BF2N3O5S. The molecule has 34 heavy (non-hydrogen) atoms. The standard InChI is InChI=1S/C16H16FN3O3S.C6H6BFO2/c1-9-7-13(10-3-5-11(17)6-4-10)14(24(2,22)23)8-12(9)15(21)20-16(18)19;8-6-3-1-5(2-4-6)7(9)10/h3-8H,1-2H3,(H4,18,19,20,21);1-4,9-10H. The number of amides is 1. The van der Waals surface area contributed by atoms with Crippen molar-refractivity contribution in [3.8, 4) is 11.1 Å². The molecule has 3 aromatic carbocycles. The number of nitrogens with two attached hydrogens (primary N) is 2. The fourth-order valence-electron chi connectivity index (χ4n) is 2.89. The average Bonchev–Trinajstić information content (AvgIpc) is 2.73. The number of benzene rings is 3. The summed E-state index contributed by atoms with van der Waals surface area (Å²) in [5, 5.41) is 17.1. The van der Waals surface area contributed by atoms with Crippen LogP contribution in [-0.2, 0) is 9.84 Å². The van der Waals surface area contributed by atoms with Crippen LogP contribution in [0.1, 0.15) is 15.9 Å². The van der Waals surface area contributed by atoms with Crippen molar-refractivity contribution in [2.75, 3.05) is 6.26 Å². The third-order valence-corrected chi connectivity index (χ3v) is 5.65.